The third kappa shape index (κ3) is 3.02. The monoisotopic (exact) mass is 367 g/mol. The van der Waals surface area contributed by atoms with E-state index in [1.165, 1.54) is 18.4 Å². The first kappa shape index (κ1) is 16.1. The number of aryl methyl sites for hydroxylation is 1. The molecule has 0 unspecified atom stereocenters. The zero-order valence-electron chi connectivity index (χ0n) is 12.5. The zero-order chi connectivity index (χ0) is 16.6. The third-order valence-electron chi connectivity index (χ3n) is 3.45. The summed E-state index contributed by atoms with van der Waals surface area (Å²) in [6.45, 7) is 1.78. The van der Waals surface area contributed by atoms with Crippen LogP contribution in [0.5, 0.6) is 5.75 Å². The smallest absolute Gasteiger partial charge is 0.271 e. The van der Waals surface area contributed by atoms with Crippen molar-refractivity contribution in [2.24, 2.45) is 0 Å². The quantitative estimate of drug-likeness (QED) is 0.728. The molecule has 0 aliphatic heterocycles. The number of thiophene rings is 1. The molecule has 0 spiro atoms. The van der Waals surface area contributed by atoms with Gasteiger partial charge in [0.2, 0.25) is 0 Å². The van der Waals surface area contributed by atoms with Gasteiger partial charge < -0.3 is 4.74 Å². The first-order valence-corrected chi connectivity index (χ1v) is 9.44. The Hall–Kier alpha value is -1.76. The van der Waals surface area contributed by atoms with Gasteiger partial charge >= 0.3 is 0 Å². The maximum Gasteiger partial charge on any atom is 0.271 e. The molecular weight excluding hydrogens is 354 g/mol. The molecule has 0 bridgehead atoms. The number of ether oxygens (including phenoxy) is 1. The molecule has 23 heavy (non-hydrogen) atoms. The number of sulfonamides is 1. The van der Waals surface area contributed by atoms with Gasteiger partial charge in [0.05, 0.1) is 12.8 Å². The van der Waals surface area contributed by atoms with Crippen LogP contribution < -0.4 is 9.46 Å². The highest BCUT2D eigenvalue weighted by molar-refractivity contribution is 7.95. The fourth-order valence-corrected chi connectivity index (χ4v) is 5.34. The molecule has 0 amide bonds. The Balaban J connectivity index is 2.08. The highest BCUT2D eigenvalue weighted by Crippen LogP contribution is 2.37. The van der Waals surface area contributed by atoms with E-state index in [1.807, 2.05) is 6.07 Å². The van der Waals surface area contributed by atoms with E-state index in [-0.39, 0.29) is 4.21 Å². The number of fused-ring (bicyclic) bond motifs is 1. The Morgan fingerprint density at radius 3 is 2.65 bits per heavy atom. The predicted molar refractivity (Wildman–Crippen MR) is 95.4 cm³/mol. The van der Waals surface area contributed by atoms with Crippen molar-refractivity contribution in [2.45, 2.75) is 11.1 Å². The average molecular weight is 368 g/mol. The van der Waals surface area contributed by atoms with Gasteiger partial charge in [0, 0.05) is 9.72 Å². The maximum absolute atomic E-state index is 12.8. The van der Waals surface area contributed by atoms with Gasteiger partial charge in [-0.25, -0.2) is 8.42 Å². The van der Waals surface area contributed by atoms with Gasteiger partial charge in [0.25, 0.3) is 10.0 Å². The van der Waals surface area contributed by atoms with E-state index in [1.54, 1.807) is 43.3 Å². The molecule has 0 saturated carbocycles. The van der Waals surface area contributed by atoms with Crippen molar-refractivity contribution >= 4 is 48.7 Å². The molecule has 3 rings (SSSR count). The van der Waals surface area contributed by atoms with Crippen LogP contribution in [-0.4, -0.2) is 15.5 Å². The number of methoxy groups -OCH3 is 1. The van der Waals surface area contributed by atoms with Gasteiger partial charge in [-0.2, -0.15) is 0 Å². The van der Waals surface area contributed by atoms with Gasteiger partial charge in [0.1, 0.15) is 9.96 Å². The lowest BCUT2D eigenvalue weighted by atomic mass is 10.2. The van der Waals surface area contributed by atoms with Crippen LogP contribution in [0.3, 0.4) is 0 Å². The second-order valence-corrected chi connectivity index (χ2v) is 8.33. The molecular formula is C16H14ClNO3S2. The maximum atomic E-state index is 12.8. The van der Waals surface area contributed by atoms with E-state index in [2.05, 4.69) is 4.72 Å². The van der Waals surface area contributed by atoms with E-state index in [0.717, 1.165) is 10.1 Å². The molecule has 1 N–H and O–H groups in total. The van der Waals surface area contributed by atoms with Gasteiger partial charge in [-0.3, -0.25) is 4.72 Å². The van der Waals surface area contributed by atoms with Crippen molar-refractivity contribution in [1.29, 1.82) is 0 Å². The van der Waals surface area contributed by atoms with Crippen LogP contribution in [0.15, 0.2) is 46.7 Å². The minimum atomic E-state index is -3.71. The van der Waals surface area contributed by atoms with Gasteiger partial charge in [0.15, 0.2) is 0 Å². The molecule has 0 radical (unpaired) electrons. The Labute approximate surface area is 143 Å². The lowest BCUT2D eigenvalue weighted by Gasteiger charge is -2.11. The van der Waals surface area contributed by atoms with Crippen LogP contribution in [0.4, 0.5) is 5.69 Å². The Bertz CT molecular complexity index is 980. The molecule has 120 valence electrons. The Morgan fingerprint density at radius 2 is 1.91 bits per heavy atom. The summed E-state index contributed by atoms with van der Waals surface area (Å²) >= 11 is 7.23. The minimum absolute atomic E-state index is 0.278. The summed E-state index contributed by atoms with van der Waals surface area (Å²) in [5.41, 5.74) is 1.10. The summed E-state index contributed by atoms with van der Waals surface area (Å²) in [6.07, 6.45) is 0. The highest BCUT2D eigenvalue weighted by Gasteiger charge is 2.23. The molecule has 1 aromatic heterocycles. The lowest BCUT2D eigenvalue weighted by molar-refractivity contribution is 0.417. The van der Waals surface area contributed by atoms with E-state index < -0.39 is 10.0 Å². The van der Waals surface area contributed by atoms with Crippen LogP contribution >= 0.6 is 22.9 Å². The summed E-state index contributed by atoms with van der Waals surface area (Å²) in [4.78, 5) is 0. The second-order valence-electron chi connectivity index (χ2n) is 4.96. The normalized spacial score (nSPS) is 11.6. The van der Waals surface area contributed by atoms with Crippen LogP contribution in [0.1, 0.15) is 5.56 Å². The lowest BCUT2D eigenvalue weighted by Crippen LogP contribution is -2.13. The second kappa shape index (κ2) is 6.03. The summed E-state index contributed by atoms with van der Waals surface area (Å²) in [5, 5.41) is 1.43. The Morgan fingerprint density at radius 1 is 1.17 bits per heavy atom. The van der Waals surface area contributed by atoms with E-state index >= 15 is 0 Å². The van der Waals surface area contributed by atoms with Crippen LogP contribution in [-0.2, 0) is 10.0 Å². The standard InChI is InChI=1S/C16H14ClNO3S2/c1-10-12-9-11(17)7-8-15(12)22-16(10)23(19,20)18-13-5-3-4-6-14(13)21-2/h3-9,18H,1-2H3. The van der Waals surface area contributed by atoms with Gasteiger partial charge in [-0.15, -0.1) is 11.3 Å². The number of hydrogen-bond donors (Lipinski definition) is 1. The van der Waals surface area contributed by atoms with Crippen molar-refractivity contribution in [1.82, 2.24) is 0 Å². The minimum Gasteiger partial charge on any atom is -0.495 e. The number of nitrogens with one attached hydrogen (secondary N) is 1. The molecule has 0 aliphatic rings. The fraction of sp³-hybridized carbons (Fsp3) is 0.125. The number of anilines is 1. The number of benzene rings is 2. The van der Waals surface area contributed by atoms with Crippen molar-refractivity contribution < 1.29 is 13.2 Å². The first-order valence-electron chi connectivity index (χ1n) is 6.77. The first-order chi connectivity index (χ1) is 10.9. The summed E-state index contributed by atoms with van der Waals surface area (Å²) in [5.74, 6) is 0.470. The van der Waals surface area contributed by atoms with Gasteiger partial charge in [-0.1, -0.05) is 23.7 Å². The van der Waals surface area contributed by atoms with Crippen molar-refractivity contribution in [3.8, 4) is 5.75 Å². The SMILES string of the molecule is COc1ccccc1NS(=O)(=O)c1sc2ccc(Cl)cc2c1C. The molecule has 7 heteroatoms. The molecule has 0 atom stereocenters. The number of rotatable bonds is 4. The molecule has 0 saturated heterocycles. The predicted octanol–water partition coefficient (Wildman–Crippen LogP) is 4.67. The van der Waals surface area contributed by atoms with Gasteiger partial charge in [-0.05, 0) is 48.2 Å². The average Bonchev–Trinajstić information content (AvgIpc) is 2.85. The Kier molecular flexibility index (Phi) is 4.23. The molecule has 0 fully saturated rings. The molecule has 2 aromatic carbocycles. The molecule has 3 aromatic rings. The topological polar surface area (TPSA) is 55.4 Å². The van der Waals surface area contributed by atoms with Crippen molar-refractivity contribution in [3.05, 3.63) is 53.1 Å². The zero-order valence-corrected chi connectivity index (χ0v) is 14.8. The molecule has 1 heterocycles. The summed E-state index contributed by atoms with van der Waals surface area (Å²) in [6, 6.07) is 12.3. The van der Waals surface area contributed by atoms with E-state index in [0.29, 0.717) is 22.0 Å². The van der Waals surface area contributed by atoms with E-state index in [9.17, 15) is 8.42 Å². The van der Waals surface area contributed by atoms with Crippen molar-refractivity contribution in [2.75, 3.05) is 11.8 Å². The van der Waals surface area contributed by atoms with Crippen LogP contribution in [0, 0.1) is 6.92 Å². The number of para-hydroxylation sites is 2. The third-order valence-corrected chi connectivity index (χ3v) is 6.94. The number of hydrogen-bond acceptors (Lipinski definition) is 4. The summed E-state index contributed by atoms with van der Waals surface area (Å²) in [7, 11) is -2.21. The number of halogens is 1. The highest BCUT2D eigenvalue weighted by atomic mass is 35.5. The largest absolute Gasteiger partial charge is 0.495 e. The van der Waals surface area contributed by atoms with Crippen molar-refractivity contribution in [3.63, 3.8) is 0 Å². The van der Waals surface area contributed by atoms with E-state index in [4.69, 9.17) is 16.3 Å². The van der Waals surface area contributed by atoms with Crippen LogP contribution in [0.25, 0.3) is 10.1 Å². The summed E-state index contributed by atoms with van der Waals surface area (Å²) < 4.78 is 34.5. The van der Waals surface area contributed by atoms with Crippen LogP contribution in [0.2, 0.25) is 5.02 Å². The molecule has 0 aliphatic carbocycles. The molecule has 4 nitrogen and oxygen atoms in total. The fourth-order valence-electron chi connectivity index (χ4n) is 2.35.